The molecular formula is C22H17N5Na3O10S3. The number of nitrogens with two attached hydrogens (primary N) is 1. The molecule has 0 amide bonds. The van der Waals surface area contributed by atoms with E-state index in [1.807, 2.05) is 0 Å². The van der Waals surface area contributed by atoms with Crippen molar-refractivity contribution in [3.8, 4) is 5.75 Å². The van der Waals surface area contributed by atoms with Crippen LogP contribution in [-0.4, -0.2) is 133 Å². The normalized spacial score (nSPS) is 12.1. The van der Waals surface area contributed by atoms with E-state index in [1.54, 1.807) is 0 Å². The molecule has 0 saturated heterocycles. The van der Waals surface area contributed by atoms with Crippen molar-refractivity contribution in [2.24, 2.45) is 20.5 Å². The van der Waals surface area contributed by atoms with Crippen LogP contribution < -0.4 is 5.73 Å². The molecule has 0 heterocycles. The number of benzene rings is 4. The number of fused-ring (bicyclic) bond motifs is 1. The molecule has 0 aliphatic carbocycles. The second kappa shape index (κ2) is 15.3. The molecule has 4 rings (SSSR count). The second-order valence-electron chi connectivity index (χ2n) is 7.98. The number of azo groups is 2. The fourth-order valence-electron chi connectivity index (χ4n) is 3.46. The summed E-state index contributed by atoms with van der Waals surface area (Å²) in [5, 5.41) is 25.6. The van der Waals surface area contributed by atoms with Gasteiger partial charge in [-0.15, -0.1) is 5.11 Å². The summed E-state index contributed by atoms with van der Waals surface area (Å²) in [5.41, 5.74) is 5.85. The minimum absolute atomic E-state index is 0. The Balaban J connectivity index is 0.00000308. The Morgan fingerprint density at radius 3 is 1.40 bits per heavy atom. The van der Waals surface area contributed by atoms with Crippen molar-refractivity contribution in [3.05, 3.63) is 66.7 Å². The number of nitrogen functional groups attached to an aromatic ring is 1. The van der Waals surface area contributed by atoms with Crippen LogP contribution in [0.3, 0.4) is 0 Å². The topological polar surface area (TPSA) is 259 Å². The zero-order valence-corrected chi connectivity index (χ0v) is 31.1. The molecule has 4 aromatic rings. The SMILES string of the molecule is Nc1c(S(=O)(=O)O)cc(S(=O)(=O)O)c2ccc(N=Nc3ccc(N=Nc4ccc(S(=O)(=O)O)cc4)cc3)c(O)c12.[Na].[Na].[Na]. The molecule has 0 aromatic heterocycles. The van der Waals surface area contributed by atoms with Gasteiger partial charge in [-0.05, 0) is 60.7 Å². The Hall–Kier alpha value is -1.33. The molecule has 21 heteroatoms. The predicted molar refractivity (Wildman–Crippen MR) is 158 cm³/mol. The van der Waals surface area contributed by atoms with E-state index >= 15 is 0 Å². The third kappa shape index (κ3) is 9.58. The van der Waals surface area contributed by atoms with Crippen molar-refractivity contribution in [1.82, 2.24) is 0 Å². The Morgan fingerprint density at radius 2 is 0.977 bits per heavy atom. The third-order valence-corrected chi connectivity index (χ3v) is 7.97. The molecule has 0 bridgehead atoms. The molecule has 3 radical (unpaired) electrons. The first-order chi connectivity index (χ1) is 18.6. The number of hydrogen-bond donors (Lipinski definition) is 5. The van der Waals surface area contributed by atoms with E-state index in [9.17, 15) is 39.5 Å². The van der Waals surface area contributed by atoms with Gasteiger partial charge in [-0.2, -0.15) is 40.6 Å². The summed E-state index contributed by atoms with van der Waals surface area (Å²) >= 11 is 0. The minimum Gasteiger partial charge on any atom is -0.505 e. The van der Waals surface area contributed by atoms with Crippen LogP contribution >= 0.6 is 0 Å². The molecule has 6 N–H and O–H groups in total. The van der Waals surface area contributed by atoms with E-state index in [0.29, 0.717) is 17.4 Å². The van der Waals surface area contributed by atoms with Gasteiger partial charge in [0.05, 0.1) is 33.0 Å². The minimum atomic E-state index is -5.04. The Morgan fingerprint density at radius 1 is 0.558 bits per heavy atom. The monoisotopic (exact) mass is 676 g/mol. The molecule has 15 nitrogen and oxygen atoms in total. The summed E-state index contributed by atoms with van der Waals surface area (Å²) in [6, 6.07) is 13.7. The fourth-order valence-corrected chi connectivity index (χ4v) is 5.38. The largest absolute Gasteiger partial charge is 0.505 e. The number of rotatable bonds is 7. The fraction of sp³-hybridized carbons (Fsp3) is 0. The predicted octanol–water partition coefficient (Wildman–Crippen LogP) is 3.56. The van der Waals surface area contributed by atoms with Gasteiger partial charge in [0.2, 0.25) is 0 Å². The third-order valence-electron chi connectivity index (χ3n) is 5.31. The summed E-state index contributed by atoms with van der Waals surface area (Å²) in [6.07, 6.45) is 0. The molecule has 0 atom stereocenters. The van der Waals surface area contributed by atoms with Crippen molar-refractivity contribution < 1.29 is 44.0 Å². The molecule has 0 unspecified atom stereocenters. The Kier molecular flexibility index (Phi) is 14.1. The Bertz CT molecular complexity index is 2040. The average molecular weight is 677 g/mol. The van der Waals surface area contributed by atoms with Crippen LogP contribution in [0.4, 0.5) is 28.4 Å². The van der Waals surface area contributed by atoms with Crippen LogP contribution in [0.1, 0.15) is 0 Å². The standard InChI is InChI=1S/C22H17N5O10S3.3Na/c23-21-19(40(35,36)37)11-18(39(32,33)34)16-9-10-17(22(28)20(16)21)27-26-13-3-1-12(2-4-13)24-25-14-5-7-15(8-6-14)38(29,30)31;;;/h1-11,28H,23H2,(H,29,30,31)(H,32,33,34)(H,35,36,37);;;. The number of hydrogen-bond acceptors (Lipinski definition) is 12. The number of aromatic hydroxyl groups is 1. The molecule has 0 saturated carbocycles. The van der Waals surface area contributed by atoms with Gasteiger partial charge in [-0.25, -0.2) is 0 Å². The van der Waals surface area contributed by atoms with Crippen LogP contribution in [0.25, 0.3) is 10.8 Å². The molecular weight excluding hydrogens is 659 g/mol. The quantitative estimate of drug-likeness (QED) is 0.0818. The maximum atomic E-state index is 11.8. The van der Waals surface area contributed by atoms with Gasteiger partial charge in [-0.3, -0.25) is 13.7 Å². The maximum Gasteiger partial charge on any atom is 0.296 e. The average Bonchev–Trinajstić information content (AvgIpc) is 2.86. The molecule has 43 heavy (non-hydrogen) atoms. The van der Waals surface area contributed by atoms with Gasteiger partial charge < -0.3 is 10.8 Å². The summed E-state index contributed by atoms with van der Waals surface area (Å²) < 4.78 is 97.2. The second-order valence-corrected chi connectivity index (χ2v) is 12.2. The number of phenolic OH excluding ortho intramolecular Hbond substituents is 1. The molecule has 0 aliphatic rings. The van der Waals surface area contributed by atoms with E-state index in [-0.39, 0.29) is 110 Å². The van der Waals surface area contributed by atoms with Gasteiger partial charge in [0.25, 0.3) is 30.4 Å². The van der Waals surface area contributed by atoms with Crippen molar-refractivity contribution in [2.45, 2.75) is 14.7 Å². The summed E-state index contributed by atoms with van der Waals surface area (Å²) in [7, 11) is -14.4. The van der Waals surface area contributed by atoms with Crippen LogP contribution in [-0.2, 0) is 30.4 Å². The first-order valence-electron chi connectivity index (χ1n) is 10.6. The molecule has 4 aromatic carbocycles. The van der Waals surface area contributed by atoms with Crippen molar-refractivity contribution in [3.63, 3.8) is 0 Å². The zero-order valence-electron chi connectivity index (χ0n) is 22.7. The number of phenols is 1. The number of nitrogens with zero attached hydrogens (tertiary/aromatic N) is 4. The molecule has 211 valence electrons. The van der Waals surface area contributed by atoms with Crippen LogP contribution in [0.5, 0.6) is 5.75 Å². The van der Waals surface area contributed by atoms with Crippen molar-refractivity contribution >= 4 is 158 Å². The van der Waals surface area contributed by atoms with Crippen LogP contribution in [0.15, 0.2) is 102 Å². The smallest absolute Gasteiger partial charge is 0.296 e. The van der Waals surface area contributed by atoms with Gasteiger partial charge >= 0.3 is 0 Å². The van der Waals surface area contributed by atoms with E-state index in [2.05, 4.69) is 20.5 Å². The van der Waals surface area contributed by atoms with Crippen LogP contribution in [0.2, 0.25) is 0 Å². The number of anilines is 1. The first-order valence-corrected chi connectivity index (χ1v) is 14.9. The van der Waals surface area contributed by atoms with Gasteiger partial charge in [0.15, 0.2) is 5.75 Å². The van der Waals surface area contributed by atoms with E-state index in [0.717, 1.165) is 24.3 Å². The molecule has 0 fully saturated rings. The Labute approximate surface area is 311 Å². The van der Waals surface area contributed by atoms with Gasteiger partial charge in [0.1, 0.15) is 15.5 Å². The summed E-state index contributed by atoms with van der Waals surface area (Å²) in [6.45, 7) is 0. The van der Waals surface area contributed by atoms with Gasteiger partial charge in [-0.1, -0.05) is 6.07 Å². The van der Waals surface area contributed by atoms with E-state index in [4.69, 9.17) is 10.3 Å². The van der Waals surface area contributed by atoms with Gasteiger partial charge in [0, 0.05) is 94.1 Å². The summed E-state index contributed by atoms with van der Waals surface area (Å²) in [4.78, 5) is -2.25. The van der Waals surface area contributed by atoms with Crippen molar-refractivity contribution in [2.75, 3.05) is 5.73 Å². The molecule has 0 spiro atoms. The zero-order chi connectivity index (χ0) is 29.5. The first kappa shape index (κ1) is 39.7. The van der Waals surface area contributed by atoms with E-state index in [1.165, 1.54) is 36.4 Å². The van der Waals surface area contributed by atoms with Crippen LogP contribution in [0, 0.1) is 0 Å². The molecule has 0 aliphatic heterocycles. The van der Waals surface area contributed by atoms with E-state index < -0.39 is 57.0 Å². The maximum absolute atomic E-state index is 11.8. The summed E-state index contributed by atoms with van der Waals surface area (Å²) in [5.74, 6) is -0.764. The van der Waals surface area contributed by atoms with Crippen molar-refractivity contribution in [1.29, 1.82) is 0 Å².